The zero-order chi connectivity index (χ0) is 12.0. The molecule has 1 aromatic rings. The quantitative estimate of drug-likeness (QED) is 0.752. The fraction of sp³-hybridized carbons (Fsp3) is 0.455. The van der Waals surface area contributed by atoms with Crippen molar-refractivity contribution in [1.82, 2.24) is 9.88 Å². The Morgan fingerprint density at radius 1 is 1.50 bits per heavy atom. The van der Waals surface area contributed by atoms with Crippen LogP contribution in [-0.2, 0) is 16.1 Å². The van der Waals surface area contributed by atoms with Gasteiger partial charge in [0.25, 0.3) is 5.91 Å². The largest absolute Gasteiger partial charge is 0.469 e. The number of nitrogens with one attached hydrogen (secondary N) is 1. The molecule has 0 aliphatic rings. The summed E-state index contributed by atoms with van der Waals surface area (Å²) in [4.78, 5) is 22.5. The van der Waals surface area contributed by atoms with Crippen LogP contribution in [0.4, 0.5) is 0 Å². The van der Waals surface area contributed by atoms with Crippen molar-refractivity contribution in [1.29, 1.82) is 0 Å². The molecule has 0 saturated heterocycles. The molecule has 0 saturated carbocycles. The summed E-state index contributed by atoms with van der Waals surface area (Å²) in [5, 5.41) is 2.66. The van der Waals surface area contributed by atoms with Gasteiger partial charge in [0.2, 0.25) is 0 Å². The lowest BCUT2D eigenvalue weighted by atomic mass is 10.3. The summed E-state index contributed by atoms with van der Waals surface area (Å²) < 4.78 is 6.31. The van der Waals surface area contributed by atoms with Gasteiger partial charge in [-0.3, -0.25) is 9.59 Å². The first-order valence-corrected chi connectivity index (χ1v) is 5.19. The molecule has 0 aromatic carbocycles. The molecule has 0 atom stereocenters. The molecule has 1 amide bonds. The molecule has 1 heterocycles. The molecular formula is C11H16N2O3. The van der Waals surface area contributed by atoms with Gasteiger partial charge in [0.05, 0.1) is 13.5 Å². The number of esters is 1. The van der Waals surface area contributed by atoms with Gasteiger partial charge in [-0.2, -0.15) is 0 Å². The number of carbonyl (C=O) groups excluding carboxylic acids is 2. The van der Waals surface area contributed by atoms with Crippen molar-refractivity contribution in [2.24, 2.45) is 0 Å². The van der Waals surface area contributed by atoms with Crippen LogP contribution in [0, 0.1) is 0 Å². The Bertz CT molecular complexity index is 371. The van der Waals surface area contributed by atoms with E-state index in [1.807, 2.05) is 23.8 Å². The van der Waals surface area contributed by atoms with Crippen LogP contribution in [-0.4, -0.2) is 30.1 Å². The van der Waals surface area contributed by atoms with Crippen LogP contribution < -0.4 is 5.32 Å². The smallest absolute Gasteiger partial charge is 0.307 e. The van der Waals surface area contributed by atoms with E-state index in [0.717, 1.165) is 6.54 Å². The van der Waals surface area contributed by atoms with Crippen molar-refractivity contribution in [3.05, 3.63) is 24.0 Å². The van der Waals surface area contributed by atoms with Gasteiger partial charge in [0, 0.05) is 19.3 Å². The van der Waals surface area contributed by atoms with Crippen molar-refractivity contribution in [3.63, 3.8) is 0 Å². The molecule has 88 valence electrons. The second-order valence-corrected chi connectivity index (χ2v) is 3.26. The van der Waals surface area contributed by atoms with Crippen molar-refractivity contribution >= 4 is 11.9 Å². The van der Waals surface area contributed by atoms with Crippen LogP contribution in [0.1, 0.15) is 23.8 Å². The minimum Gasteiger partial charge on any atom is -0.469 e. The number of aromatic nitrogens is 1. The van der Waals surface area contributed by atoms with Crippen molar-refractivity contribution < 1.29 is 14.3 Å². The first-order chi connectivity index (χ1) is 7.69. The molecule has 5 nitrogen and oxygen atoms in total. The maximum absolute atomic E-state index is 11.7. The minimum atomic E-state index is -0.328. The summed E-state index contributed by atoms with van der Waals surface area (Å²) in [5.74, 6) is -0.498. The van der Waals surface area contributed by atoms with E-state index >= 15 is 0 Å². The van der Waals surface area contributed by atoms with E-state index in [-0.39, 0.29) is 18.3 Å². The van der Waals surface area contributed by atoms with Gasteiger partial charge < -0.3 is 14.6 Å². The van der Waals surface area contributed by atoms with Gasteiger partial charge in [-0.05, 0) is 19.1 Å². The summed E-state index contributed by atoms with van der Waals surface area (Å²) >= 11 is 0. The summed E-state index contributed by atoms with van der Waals surface area (Å²) in [7, 11) is 1.33. The Morgan fingerprint density at radius 3 is 2.88 bits per heavy atom. The average Bonchev–Trinajstić information content (AvgIpc) is 2.76. The molecule has 0 fully saturated rings. The van der Waals surface area contributed by atoms with Gasteiger partial charge in [0.15, 0.2) is 0 Å². The Labute approximate surface area is 94.4 Å². The summed E-state index contributed by atoms with van der Waals surface area (Å²) in [6, 6.07) is 3.57. The third-order valence-electron chi connectivity index (χ3n) is 2.25. The van der Waals surface area contributed by atoms with E-state index in [0.29, 0.717) is 12.2 Å². The summed E-state index contributed by atoms with van der Waals surface area (Å²) in [6.07, 6.45) is 2.03. The van der Waals surface area contributed by atoms with E-state index in [4.69, 9.17) is 0 Å². The highest BCUT2D eigenvalue weighted by Crippen LogP contribution is 2.01. The fourth-order valence-electron chi connectivity index (χ4n) is 1.37. The fourth-order valence-corrected chi connectivity index (χ4v) is 1.37. The normalized spacial score (nSPS) is 9.88. The average molecular weight is 224 g/mol. The van der Waals surface area contributed by atoms with Gasteiger partial charge >= 0.3 is 5.97 Å². The van der Waals surface area contributed by atoms with Crippen LogP contribution in [0.2, 0.25) is 0 Å². The highest BCUT2D eigenvalue weighted by Gasteiger charge is 2.09. The Hall–Kier alpha value is -1.78. The third kappa shape index (κ3) is 3.12. The molecule has 16 heavy (non-hydrogen) atoms. The second kappa shape index (κ2) is 5.95. The lowest BCUT2D eigenvalue weighted by molar-refractivity contribution is -0.140. The predicted molar refractivity (Wildman–Crippen MR) is 59.1 cm³/mol. The first kappa shape index (κ1) is 12.3. The SMILES string of the molecule is CCn1cccc1C(=O)NCCC(=O)OC. The molecule has 0 unspecified atom stereocenters. The Balaban J connectivity index is 2.44. The lowest BCUT2D eigenvalue weighted by Crippen LogP contribution is -2.28. The molecule has 0 bridgehead atoms. The first-order valence-electron chi connectivity index (χ1n) is 5.19. The predicted octanol–water partition coefficient (Wildman–Crippen LogP) is 0.801. The van der Waals surface area contributed by atoms with Gasteiger partial charge in [-0.25, -0.2) is 0 Å². The molecular weight excluding hydrogens is 208 g/mol. The van der Waals surface area contributed by atoms with Crippen LogP contribution >= 0.6 is 0 Å². The topological polar surface area (TPSA) is 60.3 Å². The number of aryl methyl sites for hydroxylation is 1. The number of hydrogen-bond donors (Lipinski definition) is 1. The number of hydrogen-bond acceptors (Lipinski definition) is 3. The van der Waals surface area contributed by atoms with Gasteiger partial charge in [-0.15, -0.1) is 0 Å². The Kier molecular flexibility index (Phi) is 4.57. The summed E-state index contributed by atoms with van der Waals surface area (Å²) in [6.45, 7) is 3.00. The molecule has 0 aliphatic carbocycles. The van der Waals surface area contributed by atoms with Gasteiger partial charge in [-0.1, -0.05) is 0 Å². The number of nitrogens with zero attached hydrogens (tertiary/aromatic N) is 1. The molecule has 0 aliphatic heterocycles. The maximum atomic E-state index is 11.7. The zero-order valence-corrected chi connectivity index (χ0v) is 9.53. The minimum absolute atomic E-state index is 0.171. The maximum Gasteiger partial charge on any atom is 0.307 e. The van der Waals surface area contributed by atoms with Gasteiger partial charge in [0.1, 0.15) is 5.69 Å². The van der Waals surface area contributed by atoms with Crippen LogP contribution in [0.5, 0.6) is 0 Å². The third-order valence-corrected chi connectivity index (χ3v) is 2.25. The highest BCUT2D eigenvalue weighted by molar-refractivity contribution is 5.92. The molecule has 1 aromatic heterocycles. The highest BCUT2D eigenvalue weighted by atomic mass is 16.5. The molecule has 1 rings (SSSR count). The molecule has 0 spiro atoms. The van der Waals surface area contributed by atoms with Crippen LogP contribution in [0.15, 0.2) is 18.3 Å². The number of carbonyl (C=O) groups is 2. The number of rotatable bonds is 5. The molecule has 1 N–H and O–H groups in total. The van der Waals surface area contributed by atoms with Crippen molar-refractivity contribution in [3.8, 4) is 0 Å². The van der Waals surface area contributed by atoms with Crippen molar-refractivity contribution in [2.75, 3.05) is 13.7 Å². The number of ether oxygens (including phenoxy) is 1. The van der Waals surface area contributed by atoms with E-state index in [1.165, 1.54) is 7.11 Å². The van der Waals surface area contributed by atoms with E-state index < -0.39 is 0 Å². The standard InChI is InChI=1S/C11H16N2O3/c1-3-13-8-4-5-9(13)11(15)12-7-6-10(14)16-2/h4-5,8H,3,6-7H2,1-2H3,(H,12,15). The summed E-state index contributed by atoms with van der Waals surface area (Å²) in [5.41, 5.74) is 0.604. The molecule has 0 radical (unpaired) electrons. The lowest BCUT2D eigenvalue weighted by Gasteiger charge is -2.07. The van der Waals surface area contributed by atoms with E-state index in [9.17, 15) is 9.59 Å². The Morgan fingerprint density at radius 2 is 2.25 bits per heavy atom. The zero-order valence-electron chi connectivity index (χ0n) is 9.53. The number of amides is 1. The molecule has 5 heteroatoms. The van der Waals surface area contributed by atoms with Crippen LogP contribution in [0.3, 0.4) is 0 Å². The monoisotopic (exact) mass is 224 g/mol. The van der Waals surface area contributed by atoms with Crippen molar-refractivity contribution in [2.45, 2.75) is 19.9 Å². The van der Waals surface area contributed by atoms with Crippen LogP contribution in [0.25, 0.3) is 0 Å². The number of methoxy groups -OCH3 is 1. The van der Waals surface area contributed by atoms with E-state index in [1.54, 1.807) is 6.07 Å². The van der Waals surface area contributed by atoms with E-state index in [2.05, 4.69) is 10.1 Å². The second-order valence-electron chi connectivity index (χ2n) is 3.26.